The van der Waals surface area contributed by atoms with Gasteiger partial charge >= 0.3 is 52.4 Å². The molecule has 0 heterocycles. The van der Waals surface area contributed by atoms with Crippen LogP contribution in [0.2, 0.25) is 0 Å². The van der Waals surface area contributed by atoms with Crippen LogP contribution in [0.25, 0.3) is 0 Å². The van der Waals surface area contributed by atoms with Gasteiger partial charge in [0.1, 0.15) is 0 Å². The van der Waals surface area contributed by atoms with Crippen LogP contribution in [0.4, 0.5) is 0 Å². The minimum atomic E-state index is 0.493. The predicted octanol–water partition coefficient (Wildman–Crippen LogP) is 0.617. The van der Waals surface area contributed by atoms with Crippen molar-refractivity contribution in [3.05, 3.63) is 0 Å². The first kappa shape index (κ1) is 6.76. The van der Waals surface area contributed by atoms with E-state index in [-0.39, 0.29) is 0 Å². The van der Waals surface area contributed by atoms with Crippen LogP contribution in [-0.2, 0) is 3.07 Å². The summed E-state index contributed by atoms with van der Waals surface area (Å²) in [7, 11) is 0. The quantitative estimate of drug-likeness (QED) is 0.583. The molecule has 2 heteroatoms. The van der Waals surface area contributed by atoms with Gasteiger partial charge in [0.25, 0.3) is 0 Å². The van der Waals surface area contributed by atoms with Crippen LogP contribution < -0.4 is 0 Å². The number of rotatable bonds is 2. The van der Waals surface area contributed by atoms with Crippen LogP contribution in [0, 0.1) is 0 Å². The average molecular weight is 193 g/mol. The molecular weight excluding hydrogens is 183 g/mol. The molecule has 1 unspecified atom stereocenters. The van der Waals surface area contributed by atoms with Crippen molar-refractivity contribution in [3.8, 4) is 0 Å². The molecule has 2 radical (unpaired) electrons. The molecule has 0 spiro atoms. The van der Waals surface area contributed by atoms with Crippen LogP contribution in [0.3, 0.4) is 0 Å². The van der Waals surface area contributed by atoms with Crippen LogP contribution in [0.5, 0.6) is 0 Å². The fraction of sp³-hybridized carbons (Fsp3) is 1.00. The maximum absolute atomic E-state index is 5.03. The third kappa shape index (κ3) is 2.97. The molecule has 0 aliphatic heterocycles. The molecule has 1 nitrogen and oxygen atoms in total. The zero-order valence-electron chi connectivity index (χ0n) is 4.27. The summed E-state index contributed by atoms with van der Waals surface area (Å²) < 4.78 is 5.03. The molecule has 6 heavy (non-hydrogen) atoms. The Morgan fingerprint density at radius 3 is 2.33 bits per heavy atom. The van der Waals surface area contributed by atoms with Gasteiger partial charge in [0.15, 0.2) is 0 Å². The van der Waals surface area contributed by atoms with Gasteiger partial charge in [-0.3, -0.25) is 0 Å². The summed E-state index contributed by atoms with van der Waals surface area (Å²) in [5, 5.41) is 0. The zero-order valence-corrected chi connectivity index (χ0v) is 7.57. The van der Waals surface area contributed by atoms with E-state index in [1.165, 1.54) is 0 Å². The van der Waals surface area contributed by atoms with E-state index in [0.29, 0.717) is 6.10 Å². The van der Waals surface area contributed by atoms with Gasteiger partial charge in [0.05, 0.1) is 0 Å². The first-order valence-electron chi connectivity index (χ1n) is 2.16. The summed E-state index contributed by atoms with van der Waals surface area (Å²) in [6.45, 7) is 4.21. The molecule has 36 valence electrons. The Balaban J connectivity index is 2.75. The van der Waals surface area contributed by atoms with Crippen molar-refractivity contribution in [1.82, 2.24) is 0 Å². The number of hydrogen-bond donors (Lipinski definition) is 0. The summed E-state index contributed by atoms with van der Waals surface area (Å²) in [6, 6.07) is 0. The van der Waals surface area contributed by atoms with E-state index >= 15 is 0 Å². The van der Waals surface area contributed by atoms with E-state index in [9.17, 15) is 0 Å². The standard InChI is InChI=1S/C4H9O.Sn.H/c1-3-4(2)5;;/h4H,3H2,1-2H3;;/q-1;+1;. The van der Waals surface area contributed by atoms with Crippen molar-refractivity contribution in [3.63, 3.8) is 0 Å². The van der Waals surface area contributed by atoms with Gasteiger partial charge in [-0.1, -0.05) is 0 Å². The Kier molecular flexibility index (Phi) is 4.43. The molecule has 0 amide bonds. The summed E-state index contributed by atoms with van der Waals surface area (Å²) >= 11 is 0.937. The molecule has 0 N–H and O–H groups in total. The van der Waals surface area contributed by atoms with Gasteiger partial charge in [-0.15, -0.1) is 0 Å². The van der Waals surface area contributed by atoms with Gasteiger partial charge in [0, 0.05) is 0 Å². The van der Waals surface area contributed by atoms with E-state index < -0.39 is 0 Å². The van der Waals surface area contributed by atoms with Crippen LogP contribution in [-0.4, -0.2) is 29.0 Å². The van der Waals surface area contributed by atoms with E-state index in [4.69, 9.17) is 3.07 Å². The minimum absolute atomic E-state index is 0.493. The zero-order chi connectivity index (χ0) is 4.99. The SMILES string of the molecule is CCC(C)[O][SnH]. The van der Waals surface area contributed by atoms with Gasteiger partial charge in [0.2, 0.25) is 0 Å². The molecule has 0 aromatic rings. The third-order valence-electron chi connectivity index (χ3n) is 0.807. The molecule has 0 bridgehead atoms. The molecule has 0 aromatic heterocycles. The van der Waals surface area contributed by atoms with Gasteiger partial charge in [-0.2, -0.15) is 0 Å². The molecule has 0 saturated heterocycles. The van der Waals surface area contributed by atoms with E-state index in [0.717, 1.165) is 29.4 Å². The van der Waals surface area contributed by atoms with Crippen molar-refractivity contribution in [2.75, 3.05) is 0 Å². The van der Waals surface area contributed by atoms with Crippen molar-refractivity contribution < 1.29 is 3.07 Å². The van der Waals surface area contributed by atoms with Crippen LogP contribution in [0.1, 0.15) is 20.3 Å². The van der Waals surface area contributed by atoms with Crippen molar-refractivity contribution >= 4 is 22.9 Å². The Labute approximate surface area is 52.7 Å². The van der Waals surface area contributed by atoms with Crippen LogP contribution >= 0.6 is 0 Å². The number of hydrogen-bond acceptors (Lipinski definition) is 1. The molecule has 0 aliphatic rings. The molecule has 0 aliphatic carbocycles. The molecule has 0 fully saturated rings. The van der Waals surface area contributed by atoms with Gasteiger partial charge in [-0.25, -0.2) is 0 Å². The summed E-state index contributed by atoms with van der Waals surface area (Å²) in [6.07, 6.45) is 1.63. The maximum atomic E-state index is 5.03. The fourth-order valence-electron chi connectivity index (χ4n) is 0.0962. The molecular formula is C4H10OSn. The van der Waals surface area contributed by atoms with E-state index in [1.54, 1.807) is 0 Å². The first-order valence-corrected chi connectivity index (χ1v) is 3.51. The van der Waals surface area contributed by atoms with Gasteiger partial charge in [-0.05, 0) is 0 Å². The molecule has 0 saturated carbocycles. The van der Waals surface area contributed by atoms with E-state index in [2.05, 4.69) is 13.8 Å². The van der Waals surface area contributed by atoms with E-state index in [1.807, 2.05) is 0 Å². The first-order chi connectivity index (χ1) is 2.81. The van der Waals surface area contributed by atoms with Crippen molar-refractivity contribution in [2.45, 2.75) is 26.4 Å². The third-order valence-corrected chi connectivity index (χ3v) is 2.13. The fourth-order valence-corrected chi connectivity index (χ4v) is 0.645. The normalized spacial score (nSPS) is 14.5. The Morgan fingerprint density at radius 1 is 1.83 bits per heavy atom. The Bertz CT molecular complexity index is 26.7. The van der Waals surface area contributed by atoms with Crippen molar-refractivity contribution in [2.24, 2.45) is 0 Å². The van der Waals surface area contributed by atoms with Crippen LogP contribution in [0.15, 0.2) is 0 Å². The Hall–Kier alpha value is 0.759. The molecule has 1 atom stereocenters. The summed E-state index contributed by atoms with van der Waals surface area (Å²) in [5.41, 5.74) is 0. The average Bonchev–Trinajstić information content (AvgIpc) is 1.65. The summed E-state index contributed by atoms with van der Waals surface area (Å²) in [4.78, 5) is 0. The summed E-state index contributed by atoms with van der Waals surface area (Å²) in [5.74, 6) is 0. The predicted molar refractivity (Wildman–Crippen MR) is 28.0 cm³/mol. The molecule has 0 rings (SSSR count). The second-order valence-corrected chi connectivity index (χ2v) is 2.13. The molecule has 0 aromatic carbocycles. The topological polar surface area (TPSA) is 9.23 Å². The monoisotopic (exact) mass is 194 g/mol. The van der Waals surface area contributed by atoms with Crippen molar-refractivity contribution in [1.29, 1.82) is 0 Å². The second-order valence-electron chi connectivity index (χ2n) is 1.35. The van der Waals surface area contributed by atoms with Gasteiger partial charge < -0.3 is 0 Å². The second kappa shape index (κ2) is 3.93. The Morgan fingerprint density at radius 2 is 2.33 bits per heavy atom.